The van der Waals surface area contributed by atoms with Crippen LogP contribution in [-0.2, 0) is 19.4 Å². The van der Waals surface area contributed by atoms with Gasteiger partial charge < -0.3 is 9.80 Å². The average Bonchev–Trinajstić information content (AvgIpc) is 3.17. The van der Waals surface area contributed by atoms with Crippen LogP contribution in [0.3, 0.4) is 0 Å². The molecular formula is C22H20N4O. The predicted molar refractivity (Wildman–Crippen MR) is 104 cm³/mol. The van der Waals surface area contributed by atoms with Crippen LogP contribution >= 0.6 is 0 Å². The molecule has 5 rings (SSSR count). The second-order valence-electron chi connectivity index (χ2n) is 7.04. The number of carbonyl (C=O) groups is 1. The molecule has 3 aromatic rings. The van der Waals surface area contributed by atoms with Crippen LogP contribution in [0.25, 0.3) is 0 Å². The number of para-hydroxylation sites is 1. The molecule has 1 aromatic heterocycles. The molecule has 134 valence electrons. The Balaban J connectivity index is 1.35. The Morgan fingerprint density at radius 2 is 1.56 bits per heavy atom. The molecule has 1 amide bonds. The van der Waals surface area contributed by atoms with Crippen molar-refractivity contribution >= 4 is 17.4 Å². The molecular weight excluding hydrogens is 336 g/mol. The molecule has 0 radical (unpaired) electrons. The second-order valence-corrected chi connectivity index (χ2v) is 7.04. The third-order valence-electron chi connectivity index (χ3n) is 5.44. The van der Waals surface area contributed by atoms with E-state index in [2.05, 4.69) is 51.3 Å². The molecule has 0 bridgehead atoms. The van der Waals surface area contributed by atoms with Crippen LogP contribution < -0.4 is 4.90 Å². The maximum absolute atomic E-state index is 12.9. The van der Waals surface area contributed by atoms with E-state index in [1.807, 2.05) is 17.0 Å². The molecule has 0 atom stereocenters. The molecule has 2 aromatic carbocycles. The average molecular weight is 356 g/mol. The van der Waals surface area contributed by atoms with Gasteiger partial charge in [0.25, 0.3) is 5.91 Å². The fourth-order valence-electron chi connectivity index (χ4n) is 3.98. The molecule has 3 heterocycles. The molecule has 0 unspecified atom stereocenters. The monoisotopic (exact) mass is 356 g/mol. The van der Waals surface area contributed by atoms with Gasteiger partial charge in [-0.3, -0.25) is 4.79 Å². The van der Waals surface area contributed by atoms with Gasteiger partial charge in [-0.25, -0.2) is 9.97 Å². The summed E-state index contributed by atoms with van der Waals surface area (Å²) in [4.78, 5) is 25.8. The van der Waals surface area contributed by atoms with Gasteiger partial charge in [0, 0.05) is 25.3 Å². The molecule has 2 aliphatic rings. The fourth-order valence-corrected chi connectivity index (χ4v) is 3.98. The highest BCUT2D eigenvalue weighted by Crippen LogP contribution is 2.32. The first-order chi connectivity index (χ1) is 13.3. The number of amides is 1. The van der Waals surface area contributed by atoms with Crippen LogP contribution in [0.5, 0.6) is 0 Å². The lowest BCUT2D eigenvalue weighted by Gasteiger charge is -2.28. The SMILES string of the molecule is O=C(c1cnc(N2CCc3ccccc32)cn1)N1CCc2ccccc2C1. The number of rotatable bonds is 2. The number of carbonyl (C=O) groups excluding carboxylic acids is 1. The van der Waals surface area contributed by atoms with Crippen molar-refractivity contribution in [1.29, 1.82) is 0 Å². The van der Waals surface area contributed by atoms with E-state index in [0.717, 1.165) is 31.7 Å². The summed E-state index contributed by atoms with van der Waals surface area (Å²) in [6.07, 6.45) is 5.22. The maximum Gasteiger partial charge on any atom is 0.274 e. The summed E-state index contributed by atoms with van der Waals surface area (Å²) >= 11 is 0. The van der Waals surface area contributed by atoms with Gasteiger partial charge in [0.1, 0.15) is 5.69 Å². The Kier molecular flexibility index (Phi) is 3.85. The highest BCUT2D eigenvalue weighted by Gasteiger charge is 2.24. The first-order valence-corrected chi connectivity index (χ1v) is 9.33. The lowest BCUT2D eigenvalue weighted by atomic mass is 10.00. The summed E-state index contributed by atoms with van der Waals surface area (Å²) in [6.45, 7) is 2.25. The third-order valence-corrected chi connectivity index (χ3v) is 5.44. The molecule has 2 aliphatic heterocycles. The largest absolute Gasteiger partial charge is 0.333 e. The van der Waals surface area contributed by atoms with E-state index >= 15 is 0 Å². The molecule has 27 heavy (non-hydrogen) atoms. The number of anilines is 2. The number of hydrogen-bond acceptors (Lipinski definition) is 4. The lowest BCUT2D eigenvalue weighted by Crippen LogP contribution is -2.36. The zero-order chi connectivity index (χ0) is 18.2. The van der Waals surface area contributed by atoms with E-state index < -0.39 is 0 Å². The van der Waals surface area contributed by atoms with E-state index in [4.69, 9.17) is 0 Å². The van der Waals surface area contributed by atoms with Gasteiger partial charge in [-0.1, -0.05) is 42.5 Å². The standard InChI is InChI=1S/C22H20N4O/c27-22(25-11-9-16-5-1-2-7-18(16)15-25)19-13-24-21(14-23-19)26-12-10-17-6-3-4-8-20(17)26/h1-8,13-14H,9-12,15H2. The molecule has 0 N–H and O–H groups in total. The van der Waals surface area contributed by atoms with Crippen molar-refractivity contribution in [2.75, 3.05) is 18.0 Å². The number of aromatic nitrogens is 2. The first kappa shape index (κ1) is 16.0. The van der Waals surface area contributed by atoms with Crippen molar-refractivity contribution in [2.24, 2.45) is 0 Å². The van der Waals surface area contributed by atoms with Crippen LogP contribution in [0.1, 0.15) is 27.2 Å². The fraction of sp³-hybridized carbons (Fsp3) is 0.227. The van der Waals surface area contributed by atoms with Crippen LogP contribution in [0.2, 0.25) is 0 Å². The van der Waals surface area contributed by atoms with Crippen LogP contribution in [0.4, 0.5) is 11.5 Å². The van der Waals surface area contributed by atoms with Gasteiger partial charge in [-0.2, -0.15) is 0 Å². The van der Waals surface area contributed by atoms with E-state index in [0.29, 0.717) is 12.2 Å². The Bertz CT molecular complexity index is 999. The minimum absolute atomic E-state index is 0.0506. The molecule has 5 heteroatoms. The molecule has 5 nitrogen and oxygen atoms in total. The van der Waals surface area contributed by atoms with E-state index in [1.165, 1.54) is 22.4 Å². The molecule has 0 saturated heterocycles. The first-order valence-electron chi connectivity index (χ1n) is 9.33. The number of hydrogen-bond donors (Lipinski definition) is 0. The Hall–Kier alpha value is -3.21. The summed E-state index contributed by atoms with van der Waals surface area (Å²) < 4.78 is 0. The van der Waals surface area contributed by atoms with Crippen LogP contribution in [-0.4, -0.2) is 33.9 Å². The van der Waals surface area contributed by atoms with Crippen molar-refractivity contribution in [3.05, 3.63) is 83.3 Å². The summed E-state index contributed by atoms with van der Waals surface area (Å²) in [5.74, 6) is 0.742. The Morgan fingerprint density at radius 3 is 2.37 bits per heavy atom. The van der Waals surface area contributed by atoms with Gasteiger partial charge in [0.2, 0.25) is 0 Å². The highest BCUT2D eigenvalue weighted by molar-refractivity contribution is 5.92. The minimum Gasteiger partial charge on any atom is -0.333 e. The van der Waals surface area contributed by atoms with Crippen LogP contribution in [0.15, 0.2) is 60.9 Å². The molecule has 0 fully saturated rings. The van der Waals surface area contributed by atoms with Gasteiger partial charge in [0.15, 0.2) is 5.82 Å². The quantitative estimate of drug-likeness (QED) is 0.706. The summed E-state index contributed by atoms with van der Waals surface area (Å²) in [5.41, 5.74) is 5.46. The lowest BCUT2D eigenvalue weighted by molar-refractivity contribution is 0.0728. The summed E-state index contributed by atoms with van der Waals surface area (Å²) in [5, 5.41) is 0. The predicted octanol–water partition coefficient (Wildman–Crippen LogP) is 3.37. The van der Waals surface area contributed by atoms with Gasteiger partial charge in [0.05, 0.1) is 12.4 Å². The van der Waals surface area contributed by atoms with Gasteiger partial charge >= 0.3 is 0 Å². The highest BCUT2D eigenvalue weighted by atomic mass is 16.2. The topological polar surface area (TPSA) is 49.3 Å². The number of nitrogens with zero attached hydrogens (tertiary/aromatic N) is 4. The maximum atomic E-state index is 12.9. The molecule has 0 aliphatic carbocycles. The minimum atomic E-state index is -0.0506. The van der Waals surface area contributed by atoms with E-state index in [9.17, 15) is 4.79 Å². The second kappa shape index (κ2) is 6.50. The summed E-state index contributed by atoms with van der Waals surface area (Å²) in [6, 6.07) is 16.7. The van der Waals surface area contributed by atoms with Crippen molar-refractivity contribution in [1.82, 2.24) is 14.9 Å². The molecule has 0 spiro atoms. The Morgan fingerprint density at radius 1 is 0.815 bits per heavy atom. The summed E-state index contributed by atoms with van der Waals surface area (Å²) in [7, 11) is 0. The smallest absolute Gasteiger partial charge is 0.274 e. The van der Waals surface area contributed by atoms with Gasteiger partial charge in [-0.15, -0.1) is 0 Å². The zero-order valence-electron chi connectivity index (χ0n) is 15.0. The van der Waals surface area contributed by atoms with Crippen molar-refractivity contribution in [2.45, 2.75) is 19.4 Å². The van der Waals surface area contributed by atoms with E-state index in [1.54, 1.807) is 12.4 Å². The number of benzene rings is 2. The Labute approximate surface area is 158 Å². The third kappa shape index (κ3) is 2.85. The normalized spacial score (nSPS) is 15.4. The van der Waals surface area contributed by atoms with Crippen molar-refractivity contribution < 1.29 is 4.79 Å². The van der Waals surface area contributed by atoms with Crippen LogP contribution in [0, 0.1) is 0 Å². The van der Waals surface area contributed by atoms with Crippen molar-refractivity contribution in [3.8, 4) is 0 Å². The van der Waals surface area contributed by atoms with Crippen molar-refractivity contribution in [3.63, 3.8) is 0 Å². The van der Waals surface area contributed by atoms with Gasteiger partial charge in [-0.05, 0) is 35.6 Å². The zero-order valence-corrected chi connectivity index (χ0v) is 15.0. The number of fused-ring (bicyclic) bond motifs is 2. The van der Waals surface area contributed by atoms with E-state index in [-0.39, 0.29) is 5.91 Å². The molecule has 0 saturated carbocycles.